The zero-order chi connectivity index (χ0) is 13.1. The van der Waals surface area contributed by atoms with Crippen LogP contribution in [0.1, 0.15) is 24.4 Å². The fraction of sp³-hybridized carbons (Fsp3) is 0.214. The van der Waals surface area contributed by atoms with Crippen LogP contribution in [0.2, 0.25) is 0 Å². The lowest BCUT2D eigenvalue weighted by Crippen LogP contribution is -2.19. The zero-order valence-electron chi connectivity index (χ0n) is 10.7. The van der Waals surface area contributed by atoms with Gasteiger partial charge in [0.15, 0.2) is 11.5 Å². The van der Waals surface area contributed by atoms with Crippen LogP contribution in [0.4, 0.5) is 0 Å². The first-order valence-corrected chi connectivity index (χ1v) is 6.26. The smallest absolute Gasteiger partial charge is 0.160 e. The van der Waals surface area contributed by atoms with Crippen molar-refractivity contribution in [3.05, 3.63) is 60.3 Å². The van der Waals surface area contributed by atoms with Gasteiger partial charge in [0.05, 0.1) is 6.54 Å². The molecule has 0 aliphatic carbocycles. The minimum absolute atomic E-state index is 0.227. The zero-order valence-corrected chi connectivity index (χ0v) is 10.7. The number of hydrogen-bond donors (Lipinski definition) is 1. The van der Waals surface area contributed by atoms with Gasteiger partial charge in [-0.15, -0.1) is 10.2 Å². The summed E-state index contributed by atoms with van der Waals surface area (Å²) in [5.41, 5.74) is 2.03. The number of fused-ring (bicyclic) bond motifs is 1. The Balaban J connectivity index is 1.73. The molecule has 0 aliphatic heterocycles. The Labute approximate surface area is 111 Å². The monoisotopic (exact) mass is 253 g/mol. The number of rotatable bonds is 4. The molecule has 0 aromatic carbocycles. The molecule has 3 heterocycles. The summed E-state index contributed by atoms with van der Waals surface area (Å²) in [4.78, 5) is 4.13. The molecular weight excluding hydrogens is 238 g/mol. The van der Waals surface area contributed by atoms with Crippen LogP contribution >= 0.6 is 0 Å². The van der Waals surface area contributed by atoms with E-state index in [4.69, 9.17) is 0 Å². The summed E-state index contributed by atoms with van der Waals surface area (Å²) in [7, 11) is 0. The third kappa shape index (κ3) is 2.46. The maximum Gasteiger partial charge on any atom is 0.160 e. The van der Waals surface area contributed by atoms with E-state index < -0.39 is 0 Å². The van der Waals surface area contributed by atoms with E-state index in [9.17, 15) is 0 Å². The molecule has 0 radical (unpaired) electrons. The standard InChI is InChI=1S/C14H15N5/c1-11(12-5-4-7-15-9-12)16-10-14-18-17-13-6-2-3-8-19(13)14/h2-9,11,16H,10H2,1H3. The summed E-state index contributed by atoms with van der Waals surface area (Å²) in [6, 6.07) is 10.1. The summed E-state index contributed by atoms with van der Waals surface area (Å²) in [5.74, 6) is 0.909. The van der Waals surface area contributed by atoms with Crippen molar-refractivity contribution in [2.75, 3.05) is 0 Å². The van der Waals surface area contributed by atoms with Gasteiger partial charge in [-0.3, -0.25) is 9.38 Å². The van der Waals surface area contributed by atoms with Crippen LogP contribution in [0.3, 0.4) is 0 Å². The molecule has 0 spiro atoms. The molecule has 19 heavy (non-hydrogen) atoms. The minimum Gasteiger partial charge on any atom is -0.303 e. The lowest BCUT2D eigenvalue weighted by atomic mass is 10.1. The van der Waals surface area contributed by atoms with E-state index in [1.54, 1.807) is 6.20 Å². The van der Waals surface area contributed by atoms with Crippen LogP contribution in [-0.2, 0) is 6.54 Å². The average Bonchev–Trinajstić information content (AvgIpc) is 2.89. The van der Waals surface area contributed by atoms with Gasteiger partial charge < -0.3 is 5.32 Å². The molecule has 1 atom stereocenters. The van der Waals surface area contributed by atoms with E-state index in [-0.39, 0.29) is 6.04 Å². The fourth-order valence-electron chi connectivity index (χ4n) is 2.01. The number of pyridine rings is 2. The van der Waals surface area contributed by atoms with Crippen molar-refractivity contribution >= 4 is 5.65 Å². The van der Waals surface area contributed by atoms with Crippen LogP contribution < -0.4 is 5.32 Å². The van der Waals surface area contributed by atoms with Gasteiger partial charge in [0.25, 0.3) is 0 Å². The molecule has 0 fully saturated rings. The third-order valence-corrected chi connectivity index (χ3v) is 3.14. The Morgan fingerprint density at radius 2 is 2.16 bits per heavy atom. The Morgan fingerprint density at radius 1 is 1.21 bits per heavy atom. The first-order valence-electron chi connectivity index (χ1n) is 6.26. The SMILES string of the molecule is CC(NCc1nnc2ccccn12)c1cccnc1. The van der Waals surface area contributed by atoms with Crippen LogP contribution in [0.15, 0.2) is 48.9 Å². The van der Waals surface area contributed by atoms with E-state index >= 15 is 0 Å². The van der Waals surface area contributed by atoms with Crippen molar-refractivity contribution < 1.29 is 0 Å². The highest BCUT2D eigenvalue weighted by atomic mass is 15.3. The van der Waals surface area contributed by atoms with Gasteiger partial charge in [-0.05, 0) is 30.7 Å². The molecule has 5 nitrogen and oxygen atoms in total. The number of aromatic nitrogens is 4. The molecule has 0 amide bonds. The van der Waals surface area contributed by atoms with Gasteiger partial charge in [0.1, 0.15) is 0 Å². The Kier molecular flexibility index (Phi) is 3.20. The predicted octanol–water partition coefficient (Wildman–Crippen LogP) is 1.98. The van der Waals surface area contributed by atoms with Crippen molar-refractivity contribution in [3.63, 3.8) is 0 Å². The molecular formula is C14H15N5. The Bertz CT molecular complexity index is 662. The molecule has 3 aromatic rings. The van der Waals surface area contributed by atoms with Crippen molar-refractivity contribution in [2.24, 2.45) is 0 Å². The maximum absolute atomic E-state index is 4.20. The van der Waals surface area contributed by atoms with Crippen LogP contribution in [-0.4, -0.2) is 19.6 Å². The van der Waals surface area contributed by atoms with Gasteiger partial charge in [-0.2, -0.15) is 0 Å². The largest absolute Gasteiger partial charge is 0.303 e. The summed E-state index contributed by atoms with van der Waals surface area (Å²) in [6.45, 7) is 2.78. The normalized spacial score (nSPS) is 12.7. The molecule has 0 saturated heterocycles. The topological polar surface area (TPSA) is 55.1 Å². The van der Waals surface area contributed by atoms with Crippen molar-refractivity contribution in [1.29, 1.82) is 0 Å². The van der Waals surface area contributed by atoms with E-state index in [0.29, 0.717) is 6.54 Å². The molecule has 3 rings (SSSR count). The van der Waals surface area contributed by atoms with Gasteiger partial charge in [-0.25, -0.2) is 0 Å². The number of nitrogens with zero attached hydrogens (tertiary/aromatic N) is 4. The maximum atomic E-state index is 4.20. The molecule has 0 bridgehead atoms. The molecule has 0 aliphatic rings. The predicted molar refractivity (Wildman–Crippen MR) is 72.5 cm³/mol. The molecule has 1 unspecified atom stereocenters. The molecule has 1 N–H and O–H groups in total. The lowest BCUT2D eigenvalue weighted by Gasteiger charge is -2.12. The van der Waals surface area contributed by atoms with Crippen LogP contribution in [0.25, 0.3) is 5.65 Å². The first kappa shape index (κ1) is 11.8. The minimum atomic E-state index is 0.227. The molecule has 5 heteroatoms. The second kappa shape index (κ2) is 5.16. The van der Waals surface area contributed by atoms with Crippen LogP contribution in [0.5, 0.6) is 0 Å². The van der Waals surface area contributed by atoms with Crippen molar-refractivity contribution in [2.45, 2.75) is 19.5 Å². The Morgan fingerprint density at radius 3 is 3.00 bits per heavy atom. The summed E-state index contributed by atoms with van der Waals surface area (Å²) < 4.78 is 1.99. The van der Waals surface area contributed by atoms with E-state index in [1.807, 2.05) is 41.1 Å². The fourth-order valence-corrected chi connectivity index (χ4v) is 2.01. The van der Waals surface area contributed by atoms with Crippen LogP contribution in [0, 0.1) is 0 Å². The van der Waals surface area contributed by atoms with E-state index in [1.165, 1.54) is 0 Å². The lowest BCUT2D eigenvalue weighted by molar-refractivity contribution is 0.555. The van der Waals surface area contributed by atoms with Gasteiger partial charge in [0, 0.05) is 24.6 Å². The highest BCUT2D eigenvalue weighted by Crippen LogP contribution is 2.11. The number of hydrogen-bond acceptors (Lipinski definition) is 4. The summed E-state index contributed by atoms with van der Waals surface area (Å²) in [6.07, 6.45) is 5.63. The highest BCUT2D eigenvalue weighted by molar-refractivity contribution is 5.36. The second-order valence-electron chi connectivity index (χ2n) is 4.43. The Hall–Kier alpha value is -2.27. The van der Waals surface area contributed by atoms with E-state index in [0.717, 1.165) is 17.0 Å². The number of nitrogens with one attached hydrogen (secondary N) is 1. The molecule has 96 valence electrons. The first-order chi connectivity index (χ1) is 9.34. The van der Waals surface area contributed by atoms with Crippen molar-refractivity contribution in [1.82, 2.24) is 24.9 Å². The summed E-state index contributed by atoms with van der Waals surface area (Å²) in [5, 5.41) is 11.8. The molecule has 0 saturated carbocycles. The second-order valence-corrected chi connectivity index (χ2v) is 4.43. The van der Waals surface area contributed by atoms with Gasteiger partial charge >= 0.3 is 0 Å². The van der Waals surface area contributed by atoms with Gasteiger partial charge in [0.2, 0.25) is 0 Å². The average molecular weight is 253 g/mol. The van der Waals surface area contributed by atoms with E-state index in [2.05, 4.69) is 33.5 Å². The van der Waals surface area contributed by atoms with Gasteiger partial charge in [-0.1, -0.05) is 12.1 Å². The highest BCUT2D eigenvalue weighted by Gasteiger charge is 2.08. The summed E-state index contributed by atoms with van der Waals surface area (Å²) >= 11 is 0. The molecule has 3 aromatic heterocycles. The quantitative estimate of drug-likeness (QED) is 0.772. The van der Waals surface area contributed by atoms with Crippen molar-refractivity contribution in [3.8, 4) is 0 Å². The third-order valence-electron chi connectivity index (χ3n) is 3.14.